The first-order chi connectivity index (χ1) is 8.20. The van der Waals surface area contributed by atoms with E-state index in [4.69, 9.17) is 0 Å². The van der Waals surface area contributed by atoms with Crippen LogP contribution >= 0.6 is 0 Å². The van der Waals surface area contributed by atoms with Gasteiger partial charge in [0.1, 0.15) is 0 Å². The predicted octanol–water partition coefficient (Wildman–Crippen LogP) is 5.18. The molecule has 17 heavy (non-hydrogen) atoms. The molecule has 2 rings (SSSR count). The molecule has 0 radical (unpaired) electrons. The third-order valence-electron chi connectivity index (χ3n) is 3.48. The van der Waals surface area contributed by atoms with Crippen molar-refractivity contribution >= 4 is 0 Å². The normalized spacial score (nSPS) is 12.4. The number of hydrogen-bond donors (Lipinski definition) is 0. The van der Waals surface area contributed by atoms with Gasteiger partial charge in [-0.05, 0) is 36.0 Å². The van der Waals surface area contributed by atoms with E-state index in [0.717, 1.165) is 0 Å². The third kappa shape index (κ3) is 2.76. The molecule has 0 nitrogen and oxygen atoms in total. The molecule has 2 aromatic carbocycles. The smallest absolute Gasteiger partial charge is 0.0184 e. The van der Waals surface area contributed by atoms with Crippen LogP contribution in [0.25, 0.3) is 11.1 Å². The molecule has 0 aliphatic heterocycles. The standard InChI is InChI=1S/C17H20/c1-4-14(3)15-9-11-17(12-10-15)16-7-5-13(2)6-8-16/h5-12,14H,4H2,1-3H3. The summed E-state index contributed by atoms with van der Waals surface area (Å²) in [5.41, 5.74) is 5.34. The molecule has 0 saturated carbocycles. The average molecular weight is 224 g/mol. The first kappa shape index (κ1) is 11.9. The summed E-state index contributed by atoms with van der Waals surface area (Å²) in [6.45, 7) is 6.63. The van der Waals surface area contributed by atoms with E-state index in [1.165, 1.54) is 28.7 Å². The van der Waals surface area contributed by atoms with E-state index in [9.17, 15) is 0 Å². The summed E-state index contributed by atoms with van der Waals surface area (Å²) < 4.78 is 0. The van der Waals surface area contributed by atoms with Gasteiger partial charge in [0.05, 0.1) is 0 Å². The first-order valence-electron chi connectivity index (χ1n) is 6.37. The van der Waals surface area contributed by atoms with Gasteiger partial charge in [-0.15, -0.1) is 0 Å². The Bertz CT molecular complexity index is 462. The summed E-state index contributed by atoms with van der Waals surface area (Å²) in [5, 5.41) is 0. The second-order valence-corrected chi connectivity index (χ2v) is 4.80. The van der Waals surface area contributed by atoms with Crippen LogP contribution < -0.4 is 0 Å². The van der Waals surface area contributed by atoms with Gasteiger partial charge in [0.15, 0.2) is 0 Å². The molecule has 0 N–H and O–H groups in total. The summed E-state index contributed by atoms with van der Waals surface area (Å²) in [6.07, 6.45) is 1.20. The van der Waals surface area contributed by atoms with Crippen molar-refractivity contribution in [2.75, 3.05) is 0 Å². The van der Waals surface area contributed by atoms with E-state index in [2.05, 4.69) is 69.3 Å². The number of benzene rings is 2. The Morgan fingerprint density at radius 2 is 1.29 bits per heavy atom. The molecule has 0 aliphatic rings. The van der Waals surface area contributed by atoms with Crippen molar-refractivity contribution in [3.05, 3.63) is 59.7 Å². The van der Waals surface area contributed by atoms with Crippen molar-refractivity contribution in [3.8, 4) is 11.1 Å². The average Bonchev–Trinajstić information content (AvgIpc) is 2.39. The Kier molecular flexibility index (Phi) is 3.63. The van der Waals surface area contributed by atoms with Crippen LogP contribution in [0.5, 0.6) is 0 Å². The van der Waals surface area contributed by atoms with Gasteiger partial charge in [-0.2, -0.15) is 0 Å². The Morgan fingerprint density at radius 3 is 1.76 bits per heavy atom. The Labute approximate surface area is 104 Å². The molecular weight excluding hydrogens is 204 g/mol. The van der Waals surface area contributed by atoms with Crippen LogP contribution in [0.3, 0.4) is 0 Å². The molecule has 0 spiro atoms. The lowest BCUT2D eigenvalue weighted by molar-refractivity contribution is 0.734. The van der Waals surface area contributed by atoms with Crippen molar-refractivity contribution in [3.63, 3.8) is 0 Å². The first-order valence-corrected chi connectivity index (χ1v) is 6.37. The third-order valence-corrected chi connectivity index (χ3v) is 3.48. The Hall–Kier alpha value is -1.56. The highest BCUT2D eigenvalue weighted by atomic mass is 14.1. The van der Waals surface area contributed by atoms with Crippen LogP contribution in [-0.2, 0) is 0 Å². The lowest BCUT2D eigenvalue weighted by atomic mass is 9.96. The minimum atomic E-state index is 0.655. The van der Waals surface area contributed by atoms with Crippen molar-refractivity contribution in [1.82, 2.24) is 0 Å². The fraction of sp³-hybridized carbons (Fsp3) is 0.294. The Balaban J connectivity index is 2.26. The summed E-state index contributed by atoms with van der Waals surface area (Å²) in [7, 11) is 0. The van der Waals surface area contributed by atoms with E-state index in [1.807, 2.05) is 0 Å². The zero-order valence-corrected chi connectivity index (χ0v) is 10.9. The fourth-order valence-electron chi connectivity index (χ4n) is 1.99. The molecule has 0 saturated heterocycles. The van der Waals surface area contributed by atoms with E-state index in [0.29, 0.717) is 5.92 Å². The van der Waals surface area contributed by atoms with Gasteiger partial charge in [-0.3, -0.25) is 0 Å². The van der Waals surface area contributed by atoms with Crippen LogP contribution in [0.4, 0.5) is 0 Å². The largest absolute Gasteiger partial charge is 0.0648 e. The van der Waals surface area contributed by atoms with Crippen LogP contribution in [0.15, 0.2) is 48.5 Å². The molecule has 0 heteroatoms. The molecule has 2 aromatic rings. The van der Waals surface area contributed by atoms with E-state index in [1.54, 1.807) is 0 Å². The van der Waals surface area contributed by atoms with E-state index < -0.39 is 0 Å². The minimum Gasteiger partial charge on any atom is -0.0648 e. The maximum absolute atomic E-state index is 2.28. The zero-order valence-electron chi connectivity index (χ0n) is 10.9. The summed E-state index contributed by atoms with van der Waals surface area (Å²) in [5.74, 6) is 0.655. The lowest BCUT2D eigenvalue weighted by Gasteiger charge is -2.10. The van der Waals surface area contributed by atoms with Gasteiger partial charge < -0.3 is 0 Å². The number of hydrogen-bond acceptors (Lipinski definition) is 0. The van der Waals surface area contributed by atoms with Crippen molar-refractivity contribution in [2.24, 2.45) is 0 Å². The molecule has 1 unspecified atom stereocenters. The highest BCUT2D eigenvalue weighted by molar-refractivity contribution is 5.64. The SMILES string of the molecule is CCC(C)c1ccc(-c2ccc(C)cc2)cc1. The predicted molar refractivity (Wildman–Crippen MR) is 75.3 cm³/mol. The topological polar surface area (TPSA) is 0 Å². The van der Waals surface area contributed by atoms with Gasteiger partial charge in [0.2, 0.25) is 0 Å². The van der Waals surface area contributed by atoms with Crippen molar-refractivity contribution in [2.45, 2.75) is 33.1 Å². The monoisotopic (exact) mass is 224 g/mol. The maximum atomic E-state index is 2.28. The second-order valence-electron chi connectivity index (χ2n) is 4.80. The molecule has 0 amide bonds. The molecule has 0 aliphatic carbocycles. The van der Waals surface area contributed by atoms with Crippen molar-refractivity contribution < 1.29 is 0 Å². The highest BCUT2D eigenvalue weighted by Gasteiger charge is 2.03. The molecular formula is C17H20. The molecule has 1 atom stereocenters. The summed E-state index contributed by atoms with van der Waals surface area (Å²) in [4.78, 5) is 0. The van der Waals surface area contributed by atoms with Crippen LogP contribution in [0, 0.1) is 6.92 Å². The molecule has 0 heterocycles. The summed E-state index contributed by atoms with van der Waals surface area (Å²) in [6, 6.07) is 17.7. The van der Waals surface area contributed by atoms with Gasteiger partial charge >= 0.3 is 0 Å². The van der Waals surface area contributed by atoms with E-state index >= 15 is 0 Å². The quantitative estimate of drug-likeness (QED) is 0.674. The van der Waals surface area contributed by atoms with Gasteiger partial charge in [0, 0.05) is 0 Å². The zero-order chi connectivity index (χ0) is 12.3. The highest BCUT2D eigenvalue weighted by Crippen LogP contribution is 2.24. The molecule has 88 valence electrons. The number of rotatable bonds is 3. The molecule has 0 fully saturated rings. The summed E-state index contributed by atoms with van der Waals surface area (Å²) >= 11 is 0. The van der Waals surface area contributed by atoms with E-state index in [-0.39, 0.29) is 0 Å². The van der Waals surface area contributed by atoms with Crippen LogP contribution in [-0.4, -0.2) is 0 Å². The Morgan fingerprint density at radius 1 is 0.824 bits per heavy atom. The van der Waals surface area contributed by atoms with Gasteiger partial charge in [-0.1, -0.05) is 67.9 Å². The van der Waals surface area contributed by atoms with Gasteiger partial charge in [0.25, 0.3) is 0 Å². The number of aryl methyl sites for hydroxylation is 1. The fourth-order valence-corrected chi connectivity index (χ4v) is 1.99. The second kappa shape index (κ2) is 5.18. The minimum absolute atomic E-state index is 0.655. The molecule has 0 bridgehead atoms. The molecule has 0 aromatic heterocycles. The maximum Gasteiger partial charge on any atom is -0.0184 e. The van der Waals surface area contributed by atoms with Crippen LogP contribution in [0.1, 0.15) is 37.3 Å². The van der Waals surface area contributed by atoms with Gasteiger partial charge in [-0.25, -0.2) is 0 Å². The van der Waals surface area contributed by atoms with Crippen molar-refractivity contribution in [1.29, 1.82) is 0 Å². The lowest BCUT2D eigenvalue weighted by Crippen LogP contribution is -1.90. The van der Waals surface area contributed by atoms with Crippen LogP contribution in [0.2, 0.25) is 0 Å².